The van der Waals surface area contributed by atoms with Gasteiger partial charge >= 0.3 is 0 Å². The van der Waals surface area contributed by atoms with Gasteiger partial charge in [0.15, 0.2) is 0 Å². The summed E-state index contributed by atoms with van der Waals surface area (Å²) in [6.45, 7) is 0. The second-order valence-electron chi connectivity index (χ2n) is 12.0. The first-order chi connectivity index (χ1) is 26.3. The topological polar surface area (TPSA) is 180 Å². The van der Waals surface area contributed by atoms with Crippen molar-refractivity contribution < 1.29 is 0 Å². The molecule has 1 aliphatic rings. The first-order valence-electron chi connectivity index (χ1n) is 16.3. The Hall–Kier alpha value is -7.05. The predicted molar refractivity (Wildman–Crippen MR) is 213 cm³/mol. The Labute approximate surface area is 312 Å². The summed E-state index contributed by atoms with van der Waals surface area (Å²) in [5.74, 6) is 0. The van der Waals surface area contributed by atoms with E-state index in [0.717, 1.165) is 0 Å². The molecule has 0 atom stereocenters. The van der Waals surface area contributed by atoms with Gasteiger partial charge in [-0.25, -0.2) is 13.5 Å². The SMILES string of the molecule is N#Cc1cccc(P2(c3cccc(C#N)c3)=NP(c3cccc(C#N)c3)(c3cccc(C#N)c3)=NP(c3cccc(C#N)c3)(c3cccc(C#N)c3)=N2)c1. The Balaban J connectivity index is 1.88. The minimum absolute atomic E-state index is 0.375. The Morgan fingerprint density at radius 1 is 0.278 bits per heavy atom. The lowest BCUT2D eigenvalue weighted by Crippen LogP contribution is -2.25. The highest BCUT2D eigenvalue weighted by Crippen LogP contribution is 2.76. The van der Waals surface area contributed by atoms with E-state index in [4.69, 9.17) is 13.5 Å². The molecule has 7 rings (SSSR count). The van der Waals surface area contributed by atoms with Gasteiger partial charge in [0, 0.05) is 31.8 Å². The molecule has 54 heavy (non-hydrogen) atoms. The van der Waals surface area contributed by atoms with Crippen molar-refractivity contribution in [2.24, 2.45) is 13.5 Å². The van der Waals surface area contributed by atoms with E-state index < -0.39 is 21.6 Å². The normalized spacial score (nSPS) is 14.3. The Kier molecular flexibility index (Phi) is 9.51. The zero-order chi connectivity index (χ0) is 37.8. The maximum atomic E-state index is 10.2. The van der Waals surface area contributed by atoms with Crippen LogP contribution in [-0.2, 0) is 0 Å². The van der Waals surface area contributed by atoms with E-state index >= 15 is 0 Å². The quantitative estimate of drug-likeness (QED) is 0.159. The standard InChI is InChI=1S/C42H24N9P3/c43-25-31-7-1-13-37(19-31)52(38-14-2-8-32(20-38)26-44)49-53(39-15-3-9-33(21-39)27-45,40-16-4-10-34(22-40)28-46)51-54(50-52,41-17-5-11-35(23-41)29-47)42-18-6-12-36(24-42)30-48/h1-24H. The fourth-order valence-electron chi connectivity index (χ4n) is 6.30. The van der Waals surface area contributed by atoms with Crippen LogP contribution in [0.15, 0.2) is 159 Å². The van der Waals surface area contributed by atoms with Crippen LogP contribution in [0.1, 0.15) is 33.4 Å². The summed E-state index contributed by atoms with van der Waals surface area (Å²) in [6, 6.07) is 56.3. The summed E-state index contributed by atoms with van der Waals surface area (Å²) in [5, 5.41) is 64.8. The third-order valence-electron chi connectivity index (χ3n) is 8.79. The van der Waals surface area contributed by atoms with Gasteiger partial charge in [-0.3, -0.25) is 0 Å². The van der Waals surface area contributed by atoms with Crippen molar-refractivity contribution in [2.75, 3.05) is 0 Å². The van der Waals surface area contributed by atoms with Crippen LogP contribution >= 0.6 is 21.6 Å². The zero-order valence-corrected chi connectivity index (χ0v) is 30.9. The number of hydrogen-bond acceptors (Lipinski definition) is 9. The van der Waals surface area contributed by atoms with Crippen LogP contribution in [0.2, 0.25) is 0 Å². The Bertz CT molecular complexity index is 2450. The van der Waals surface area contributed by atoms with Crippen LogP contribution in [0, 0.1) is 68.0 Å². The average Bonchev–Trinajstić information content (AvgIpc) is 3.26. The fourth-order valence-corrected chi connectivity index (χ4v) is 21.7. The monoisotopic (exact) mass is 747 g/mol. The van der Waals surface area contributed by atoms with Gasteiger partial charge < -0.3 is 0 Å². The van der Waals surface area contributed by atoms with Crippen LogP contribution in [-0.4, -0.2) is 0 Å². The molecule has 0 bridgehead atoms. The molecule has 252 valence electrons. The summed E-state index contributed by atoms with van der Waals surface area (Å²) >= 11 is 0. The van der Waals surface area contributed by atoms with Crippen LogP contribution < -0.4 is 31.8 Å². The van der Waals surface area contributed by atoms with Gasteiger partial charge in [0.1, 0.15) is 21.6 Å². The lowest BCUT2D eigenvalue weighted by atomic mass is 10.2. The van der Waals surface area contributed by atoms with Gasteiger partial charge in [-0.1, -0.05) is 72.8 Å². The van der Waals surface area contributed by atoms with E-state index in [9.17, 15) is 31.6 Å². The van der Waals surface area contributed by atoms with E-state index in [1.165, 1.54) is 0 Å². The van der Waals surface area contributed by atoms with Crippen molar-refractivity contribution in [1.82, 2.24) is 0 Å². The molecule has 1 aliphatic heterocycles. The number of nitrogens with zero attached hydrogens (tertiary/aromatic N) is 9. The molecule has 6 aromatic carbocycles. The molecule has 0 aromatic heterocycles. The molecule has 0 amide bonds. The summed E-state index contributed by atoms with van der Waals surface area (Å²) in [4.78, 5) is 0. The molecule has 0 N–H and O–H groups in total. The van der Waals surface area contributed by atoms with E-state index in [1.54, 1.807) is 109 Å². The van der Waals surface area contributed by atoms with Crippen LogP contribution in [0.5, 0.6) is 0 Å². The van der Waals surface area contributed by atoms with Crippen molar-refractivity contribution >= 4 is 53.4 Å². The van der Waals surface area contributed by atoms with E-state index in [2.05, 4.69) is 36.4 Å². The van der Waals surface area contributed by atoms with Gasteiger partial charge in [0.05, 0.1) is 69.8 Å². The van der Waals surface area contributed by atoms with Crippen molar-refractivity contribution in [3.63, 3.8) is 0 Å². The van der Waals surface area contributed by atoms with E-state index in [0.29, 0.717) is 65.2 Å². The molecule has 0 saturated heterocycles. The molecule has 0 saturated carbocycles. The first kappa shape index (κ1) is 35.4. The van der Waals surface area contributed by atoms with Gasteiger partial charge in [-0.05, 0) is 72.8 Å². The smallest absolute Gasteiger partial charge is 0.138 e. The highest BCUT2D eigenvalue weighted by molar-refractivity contribution is 8.00. The molecule has 12 heteroatoms. The van der Waals surface area contributed by atoms with Crippen LogP contribution in [0.3, 0.4) is 0 Å². The lowest BCUT2D eigenvalue weighted by molar-refractivity contribution is 1.48. The predicted octanol–water partition coefficient (Wildman–Crippen LogP) is 7.53. The van der Waals surface area contributed by atoms with Crippen LogP contribution in [0.4, 0.5) is 0 Å². The van der Waals surface area contributed by atoms with Crippen molar-refractivity contribution in [2.45, 2.75) is 0 Å². The Morgan fingerprint density at radius 2 is 0.444 bits per heavy atom. The largest absolute Gasteiger partial charge is 0.223 e. The molecule has 1 heterocycles. The molecular weight excluding hydrogens is 723 g/mol. The highest BCUT2D eigenvalue weighted by atomic mass is 31.3. The summed E-state index contributed by atoms with van der Waals surface area (Å²) in [5.41, 5.74) is 2.25. The second kappa shape index (κ2) is 14.5. The Morgan fingerprint density at radius 3 is 0.593 bits per heavy atom. The summed E-state index contributed by atoms with van der Waals surface area (Å²) in [7, 11) is -10.7. The number of nitriles is 6. The number of benzene rings is 6. The lowest BCUT2D eigenvalue weighted by Gasteiger charge is -2.38. The van der Waals surface area contributed by atoms with Crippen molar-refractivity contribution in [3.8, 4) is 36.4 Å². The first-order valence-corrected chi connectivity index (χ1v) is 21.4. The zero-order valence-electron chi connectivity index (χ0n) is 28.2. The summed E-state index contributed by atoms with van der Waals surface area (Å²) in [6.07, 6.45) is 0. The van der Waals surface area contributed by atoms with Crippen LogP contribution in [0.25, 0.3) is 0 Å². The number of rotatable bonds is 6. The van der Waals surface area contributed by atoms with E-state index in [1.807, 2.05) is 36.4 Å². The third-order valence-corrected chi connectivity index (χ3v) is 21.0. The second-order valence-corrected chi connectivity index (χ2v) is 20.9. The van der Waals surface area contributed by atoms with Crippen molar-refractivity contribution in [1.29, 1.82) is 31.6 Å². The van der Waals surface area contributed by atoms with Gasteiger partial charge in [-0.2, -0.15) is 31.6 Å². The molecule has 6 aromatic rings. The average molecular weight is 748 g/mol. The van der Waals surface area contributed by atoms with Gasteiger partial charge in [0.2, 0.25) is 0 Å². The maximum absolute atomic E-state index is 10.2. The molecule has 9 nitrogen and oxygen atoms in total. The third kappa shape index (κ3) is 6.14. The minimum atomic E-state index is -3.55. The number of hydrogen-bond donors (Lipinski definition) is 0. The molecular formula is C42H24N9P3. The van der Waals surface area contributed by atoms with Gasteiger partial charge in [0.25, 0.3) is 0 Å². The highest BCUT2D eigenvalue weighted by Gasteiger charge is 2.43. The molecule has 0 radical (unpaired) electrons. The molecule has 0 spiro atoms. The minimum Gasteiger partial charge on any atom is -0.223 e. The van der Waals surface area contributed by atoms with Gasteiger partial charge in [-0.15, -0.1) is 0 Å². The molecule has 0 aliphatic carbocycles. The maximum Gasteiger partial charge on any atom is 0.138 e. The fraction of sp³-hybridized carbons (Fsp3) is 0. The van der Waals surface area contributed by atoms with Crippen molar-refractivity contribution in [3.05, 3.63) is 179 Å². The van der Waals surface area contributed by atoms with E-state index in [-0.39, 0.29) is 0 Å². The summed E-state index contributed by atoms with van der Waals surface area (Å²) < 4.78 is 17.7. The molecule has 0 fully saturated rings. The molecule has 0 unspecified atom stereocenters.